The average molecular weight is 667 g/mol. The normalized spacial score (nSPS) is 11.1. The Morgan fingerprint density at radius 2 is 0.596 bits per heavy atom. The van der Waals surface area contributed by atoms with Gasteiger partial charge in [-0.1, -0.05) is 121 Å². The molecule has 0 unspecified atom stereocenters. The monoisotopic (exact) mass is 666 g/mol. The van der Waals surface area contributed by atoms with Gasteiger partial charge in [0.2, 0.25) is 0 Å². The SMILES string of the molecule is c1ccc(N(c2ccc(-c3cccnc3)cc2)c2c3ccccc3c(N(c3ccccc3)c3ccc(-c4cccnc4)cc3)c3ccccc23)cc1. The van der Waals surface area contributed by atoms with E-state index in [1.165, 1.54) is 0 Å². The Hall–Kier alpha value is -7.04. The average Bonchev–Trinajstić information content (AvgIpc) is 3.23. The molecule has 0 saturated carbocycles. The van der Waals surface area contributed by atoms with E-state index in [1.807, 2.05) is 36.9 Å². The van der Waals surface area contributed by atoms with Crippen molar-refractivity contribution in [1.29, 1.82) is 0 Å². The van der Waals surface area contributed by atoms with E-state index < -0.39 is 0 Å². The number of fused-ring (bicyclic) bond motifs is 2. The van der Waals surface area contributed by atoms with Gasteiger partial charge in [0.05, 0.1) is 11.4 Å². The summed E-state index contributed by atoms with van der Waals surface area (Å²) in [5.41, 5.74) is 11.0. The summed E-state index contributed by atoms with van der Waals surface area (Å²) in [6.45, 7) is 0. The first kappa shape index (κ1) is 31.0. The van der Waals surface area contributed by atoms with Crippen LogP contribution in [0.15, 0.2) is 207 Å². The van der Waals surface area contributed by atoms with Gasteiger partial charge in [0.1, 0.15) is 0 Å². The standard InChI is InChI=1S/C48H34N4/c1-3-15-39(16-4-1)51(41-27-23-35(24-28-41)37-13-11-31-49-33-37)47-43-19-7-9-21-45(43)48(46-22-10-8-20-44(46)47)52(40-17-5-2-6-18-40)42-29-25-36(26-30-42)38-14-12-32-50-34-38/h1-34H. The van der Waals surface area contributed by atoms with Crippen molar-refractivity contribution in [3.05, 3.63) is 207 Å². The van der Waals surface area contributed by atoms with Gasteiger partial charge in [0.25, 0.3) is 0 Å². The highest BCUT2D eigenvalue weighted by Gasteiger charge is 2.25. The van der Waals surface area contributed by atoms with Crippen molar-refractivity contribution >= 4 is 55.7 Å². The number of pyridine rings is 2. The Labute approximate surface area is 303 Å². The number of para-hydroxylation sites is 2. The van der Waals surface area contributed by atoms with Crippen LogP contribution in [-0.4, -0.2) is 9.97 Å². The number of benzene rings is 7. The van der Waals surface area contributed by atoms with Crippen molar-refractivity contribution in [1.82, 2.24) is 9.97 Å². The topological polar surface area (TPSA) is 32.3 Å². The van der Waals surface area contributed by atoms with Gasteiger partial charge in [0.15, 0.2) is 0 Å². The second-order valence-electron chi connectivity index (χ2n) is 12.7. The third kappa shape index (κ3) is 5.72. The Morgan fingerprint density at radius 1 is 0.269 bits per heavy atom. The number of hydrogen-bond donors (Lipinski definition) is 0. The van der Waals surface area contributed by atoms with Crippen LogP contribution >= 0.6 is 0 Å². The summed E-state index contributed by atoms with van der Waals surface area (Å²) in [5, 5.41) is 4.63. The quantitative estimate of drug-likeness (QED) is 0.119. The maximum Gasteiger partial charge on any atom is 0.0619 e. The lowest BCUT2D eigenvalue weighted by atomic mass is 9.95. The van der Waals surface area contributed by atoms with Gasteiger partial charge < -0.3 is 9.80 Å². The van der Waals surface area contributed by atoms with Gasteiger partial charge in [-0.15, -0.1) is 0 Å². The predicted molar refractivity (Wildman–Crippen MR) is 217 cm³/mol. The molecule has 0 N–H and O–H groups in total. The third-order valence-corrected chi connectivity index (χ3v) is 9.59. The minimum Gasteiger partial charge on any atom is -0.309 e. The summed E-state index contributed by atoms with van der Waals surface area (Å²) in [4.78, 5) is 13.5. The van der Waals surface area contributed by atoms with Crippen molar-refractivity contribution < 1.29 is 0 Å². The summed E-state index contributed by atoms with van der Waals surface area (Å²) in [7, 11) is 0. The summed E-state index contributed by atoms with van der Waals surface area (Å²) >= 11 is 0. The number of aromatic nitrogens is 2. The van der Waals surface area contributed by atoms with Crippen LogP contribution in [0.3, 0.4) is 0 Å². The molecule has 0 spiro atoms. The van der Waals surface area contributed by atoms with Gasteiger partial charge in [-0.3, -0.25) is 9.97 Å². The molecule has 0 atom stereocenters. The predicted octanol–water partition coefficient (Wildman–Crippen LogP) is 13.1. The van der Waals surface area contributed by atoms with Crippen LogP contribution in [0.4, 0.5) is 34.1 Å². The fraction of sp³-hybridized carbons (Fsp3) is 0. The molecule has 0 aliphatic rings. The van der Waals surface area contributed by atoms with Crippen LogP contribution in [0.2, 0.25) is 0 Å². The molecule has 2 heterocycles. The van der Waals surface area contributed by atoms with Gasteiger partial charge >= 0.3 is 0 Å². The highest BCUT2D eigenvalue weighted by Crippen LogP contribution is 2.51. The molecule has 0 aliphatic heterocycles. The third-order valence-electron chi connectivity index (χ3n) is 9.59. The largest absolute Gasteiger partial charge is 0.309 e. The van der Waals surface area contributed by atoms with Crippen LogP contribution in [0.5, 0.6) is 0 Å². The number of hydrogen-bond acceptors (Lipinski definition) is 4. The van der Waals surface area contributed by atoms with Gasteiger partial charge in [-0.2, -0.15) is 0 Å². The van der Waals surface area contributed by atoms with Crippen LogP contribution in [0.1, 0.15) is 0 Å². The fourth-order valence-electron chi connectivity index (χ4n) is 7.21. The maximum atomic E-state index is 4.35. The molecule has 52 heavy (non-hydrogen) atoms. The van der Waals surface area contributed by atoms with E-state index in [9.17, 15) is 0 Å². The smallest absolute Gasteiger partial charge is 0.0619 e. The Kier molecular flexibility index (Phi) is 8.16. The molecule has 9 rings (SSSR count). The molecule has 0 aliphatic carbocycles. The highest BCUT2D eigenvalue weighted by atomic mass is 15.2. The van der Waals surface area contributed by atoms with Crippen LogP contribution in [0, 0.1) is 0 Å². The molecule has 9 aromatic rings. The molecular formula is C48H34N4. The minimum atomic E-state index is 1.08. The van der Waals surface area contributed by atoms with Crippen molar-refractivity contribution in [2.24, 2.45) is 0 Å². The molecule has 0 saturated heterocycles. The summed E-state index contributed by atoms with van der Waals surface area (Å²) in [6.07, 6.45) is 7.44. The molecule has 2 aromatic heterocycles. The van der Waals surface area contributed by atoms with E-state index in [4.69, 9.17) is 0 Å². The second-order valence-corrected chi connectivity index (χ2v) is 12.7. The van der Waals surface area contributed by atoms with E-state index in [-0.39, 0.29) is 0 Å². The molecule has 0 fully saturated rings. The summed E-state index contributed by atoms with van der Waals surface area (Å²) in [5.74, 6) is 0. The molecule has 0 amide bonds. The molecule has 0 bridgehead atoms. The highest BCUT2D eigenvalue weighted by molar-refractivity contribution is 6.23. The first-order chi connectivity index (χ1) is 25.8. The molecule has 4 nitrogen and oxygen atoms in total. The fourth-order valence-corrected chi connectivity index (χ4v) is 7.21. The molecule has 7 aromatic carbocycles. The summed E-state index contributed by atoms with van der Waals surface area (Å²) < 4.78 is 0. The van der Waals surface area contributed by atoms with Gasteiger partial charge in [-0.05, 0) is 82.9 Å². The Bertz CT molecular complexity index is 2350. The van der Waals surface area contributed by atoms with Crippen LogP contribution in [0.25, 0.3) is 43.8 Å². The van der Waals surface area contributed by atoms with Gasteiger partial charge in [0, 0.05) is 69.1 Å². The Morgan fingerprint density at radius 3 is 0.923 bits per heavy atom. The zero-order valence-electron chi connectivity index (χ0n) is 28.4. The molecular weight excluding hydrogens is 633 g/mol. The van der Waals surface area contributed by atoms with E-state index in [0.29, 0.717) is 0 Å². The molecule has 4 heteroatoms. The van der Waals surface area contributed by atoms with Crippen LogP contribution < -0.4 is 9.80 Å². The lowest BCUT2D eigenvalue weighted by Gasteiger charge is -2.33. The first-order valence-corrected chi connectivity index (χ1v) is 17.5. The van der Waals surface area contributed by atoms with E-state index in [0.717, 1.165) is 77.9 Å². The zero-order valence-corrected chi connectivity index (χ0v) is 28.4. The lowest BCUT2D eigenvalue weighted by molar-refractivity contribution is 1.29. The van der Waals surface area contributed by atoms with Crippen molar-refractivity contribution in [3.8, 4) is 22.3 Å². The summed E-state index contributed by atoms with van der Waals surface area (Å²) in [6, 6.07) is 64.7. The first-order valence-electron chi connectivity index (χ1n) is 17.5. The minimum absolute atomic E-state index is 1.08. The number of rotatable bonds is 8. The van der Waals surface area contributed by atoms with Crippen LogP contribution in [-0.2, 0) is 0 Å². The zero-order chi connectivity index (χ0) is 34.7. The van der Waals surface area contributed by atoms with E-state index in [2.05, 4.69) is 190 Å². The molecule has 246 valence electrons. The molecule has 0 radical (unpaired) electrons. The van der Waals surface area contributed by atoms with Crippen molar-refractivity contribution in [3.63, 3.8) is 0 Å². The lowest BCUT2D eigenvalue weighted by Crippen LogP contribution is -2.14. The maximum absolute atomic E-state index is 4.35. The van der Waals surface area contributed by atoms with Crippen molar-refractivity contribution in [2.45, 2.75) is 0 Å². The Balaban J connectivity index is 1.29. The van der Waals surface area contributed by atoms with E-state index in [1.54, 1.807) is 0 Å². The van der Waals surface area contributed by atoms with Gasteiger partial charge in [-0.25, -0.2) is 0 Å². The number of nitrogens with zero attached hydrogens (tertiary/aromatic N) is 4. The second kappa shape index (κ2) is 13.7. The van der Waals surface area contributed by atoms with E-state index >= 15 is 0 Å². The number of anilines is 6. The van der Waals surface area contributed by atoms with Crippen molar-refractivity contribution in [2.75, 3.05) is 9.80 Å².